The summed E-state index contributed by atoms with van der Waals surface area (Å²) in [4.78, 5) is 23.2. The highest BCUT2D eigenvalue weighted by Crippen LogP contribution is 2.25. The predicted octanol–water partition coefficient (Wildman–Crippen LogP) is 4.73. The van der Waals surface area contributed by atoms with Gasteiger partial charge in [0, 0.05) is 22.8 Å². The predicted molar refractivity (Wildman–Crippen MR) is 106 cm³/mol. The summed E-state index contributed by atoms with van der Waals surface area (Å²) in [5, 5.41) is 0. The molecule has 0 amide bonds. The second-order valence-electron chi connectivity index (χ2n) is 5.75. The number of carbonyl (C=O) groups is 2. The van der Waals surface area contributed by atoms with E-state index >= 15 is 0 Å². The van der Waals surface area contributed by atoms with Crippen LogP contribution in [0.4, 0.5) is 0 Å². The average Bonchev–Trinajstić information content (AvgIpc) is 2.64. The van der Waals surface area contributed by atoms with Gasteiger partial charge in [0.2, 0.25) is 0 Å². The number of esters is 2. The van der Waals surface area contributed by atoms with E-state index in [0.717, 1.165) is 5.56 Å². The summed E-state index contributed by atoms with van der Waals surface area (Å²) in [5.74, 6) is 0.115. The van der Waals surface area contributed by atoms with Crippen LogP contribution in [-0.2, 0) is 19.1 Å². The maximum absolute atomic E-state index is 11.7. The fourth-order valence-electron chi connectivity index (χ4n) is 1.82. The van der Waals surface area contributed by atoms with Crippen molar-refractivity contribution in [1.82, 2.24) is 0 Å². The monoisotopic (exact) mass is 368 g/mol. The molecular formula is C22H24O5. The molecule has 0 aromatic heterocycles. The lowest BCUT2D eigenvalue weighted by molar-refractivity contribution is -0.134. The lowest BCUT2D eigenvalue weighted by Crippen LogP contribution is -2.08. The molecule has 0 bridgehead atoms. The summed E-state index contributed by atoms with van der Waals surface area (Å²) in [5.41, 5.74) is 1.93. The maximum atomic E-state index is 11.7. The number of hydrogen-bond acceptors (Lipinski definition) is 5. The molecular weight excluding hydrogens is 344 g/mol. The average molecular weight is 368 g/mol. The van der Waals surface area contributed by atoms with Crippen molar-refractivity contribution in [3.8, 4) is 5.75 Å². The Bertz CT molecular complexity index is 823. The largest absolute Gasteiger partial charge is 0.496 e. The van der Waals surface area contributed by atoms with E-state index in [4.69, 9.17) is 14.2 Å². The molecule has 0 saturated heterocycles. The molecule has 0 aliphatic carbocycles. The highest BCUT2D eigenvalue weighted by atomic mass is 16.5. The lowest BCUT2D eigenvalue weighted by Gasteiger charge is -2.12. The molecule has 1 aromatic rings. The number of ether oxygens (including phenoxy) is 3. The Morgan fingerprint density at radius 2 is 1.52 bits per heavy atom. The Hall–Kier alpha value is -3.34. The molecule has 5 heteroatoms. The van der Waals surface area contributed by atoms with Gasteiger partial charge in [0.1, 0.15) is 17.3 Å². The van der Waals surface area contributed by atoms with E-state index < -0.39 is 11.9 Å². The van der Waals surface area contributed by atoms with Gasteiger partial charge in [0.05, 0.1) is 7.11 Å². The van der Waals surface area contributed by atoms with Crippen LogP contribution in [0.5, 0.6) is 5.75 Å². The molecule has 0 aliphatic heterocycles. The van der Waals surface area contributed by atoms with Crippen molar-refractivity contribution in [2.45, 2.75) is 20.8 Å². The van der Waals surface area contributed by atoms with E-state index in [1.807, 2.05) is 0 Å². The van der Waals surface area contributed by atoms with E-state index in [1.54, 1.807) is 57.2 Å². The first kappa shape index (κ1) is 21.7. The molecule has 142 valence electrons. The van der Waals surface area contributed by atoms with Gasteiger partial charge in [-0.15, -0.1) is 0 Å². The molecule has 0 aliphatic rings. The van der Waals surface area contributed by atoms with Crippen LogP contribution in [0, 0.1) is 0 Å². The third-order valence-electron chi connectivity index (χ3n) is 3.40. The van der Waals surface area contributed by atoms with Gasteiger partial charge < -0.3 is 14.2 Å². The Labute approximate surface area is 159 Å². The summed E-state index contributed by atoms with van der Waals surface area (Å²) in [6, 6.07) is 6.77. The number of benzene rings is 1. The minimum absolute atomic E-state index is 0.292. The smallest absolute Gasteiger partial charge is 0.338 e. The molecule has 0 heterocycles. The van der Waals surface area contributed by atoms with Crippen molar-refractivity contribution in [2.75, 3.05) is 7.11 Å². The van der Waals surface area contributed by atoms with Crippen LogP contribution in [0.1, 0.15) is 26.3 Å². The first-order valence-corrected chi connectivity index (χ1v) is 8.16. The van der Waals surface area contributed by atoms with Crippen LogP contribution < -0.4 is 4.74 Å². The fraction of sp³-hybridized carbons (Fsp3) is 0.182. The molecule has 1 rings (SSSR count). The summed E-state index contributed by atoms with van der Waals surface area (Å²) in [7, 11) is 1.49. The minimum Gasteiger partial charge on any atom is -0.496 e. The van der Waals surface area contributed by atoms with Gasteiger partial charge in [-0.05, 0) is 44.5 Å². The topological polar surface area (TPSA) is 61.8 Å². The van der Waals surface area contributed by atoms with E-state index in [9.17, 15) is 9.59 Å². The molecule has 5 nitrogen and oxygen atoms in total. The van der Waals surface area contributed by atoms with Crippen LogP contribution in [-0.4, -0.2) is 19.0 Å². The molecule has 27 heavy (non-hydrogen) atoms. The molecule has 0 spiro atoms. The zero-order valence-corrected chi connectivity index (χ0v) is 16.1. The van der Waals surface area contributed by atoms with E-state index in [-0.39, 0.29) is 0 Å². The van der Waals surface area contributed by atoms with Crippen molar-refractivity contribution >= 4 is 17.5 Å². The zero-order valence-electron chi connectivity index (χ0n) is 16.1. The van der Waals surface area contributed by atoms with Gasteiger partial charge in [-0.25, -0.2) is 9.59 Å². The molecule has 1 aromatic carbocycles. The third kappa shape index (κ3) is 6.47. The normalized spacial score (nSPS) is 11.4. The van der Waals surface area contributed by atoms with Crippen LogP contribution in [0.2, 0.25) is 0 Å². The van der Waals surface area contributed by atoms with Crippen molar-refractivity contribution in [1.29, 1.82) is 0 Å². The number of methoxy groups -OCH3 is 1. The SMILES string of the molecule is C=C(C)C(=O)OC(=C/C)/C=C(/OC)C(=C)c1ccc(OC(=O)C(=C)C)cc1. The first-order valence-electron chi connectivity index (χ1n) is 8.16. The van der Waals surface area contributed by atoms with Gasteiger partial charge >= 0.3 is 11.9 Å². The number of rotatable bonds is 8. The Balaban J connectivity index is 2.99. The highest BCUT2D eigenvalue weighted by Gasteiger charge is 2.12. The first-order chi connectivity index (χ1) is 12.7. The van der Waals surface area contributed by atoms with Gasteiger partial charge in [0.25, 0.3) is 0 Å². The molecule has 0 fully saturated rings. The summed E-state index contributed by atoms with van der Waals surface area (Å²) in [6.45, 7) is 16.0. The fourth-order valence-corrected chi connectivity index (χ4v) is 1.82. The lowest BCUT2D eigenvalue weighted by atomic mass is 10.0. The number of hydrogen-bond donors (Lipinski definition) is 0. The second-order valence-corrected chi connectivity index (χ2v) is 5.75. The van der Waals surface area contributed by atoms with E-state index in [1.165, 1.54) is 7.11 Å². The van der Waals surface area contributed by atoms with Crippen molar-refractivity contribution < 1.29 is 23.8 Å². The van der Waals surface area contributed by atoms with Crippen LogP contribution in [0.25, 0.3) is 5.57 Å². The van der Waals surface area contributed by atoms with Gasteiger partial charge in [-0.3, -0.25) is 0 Å². The second kappa shape index (κ2) is 9.97. The maximum Gasteiger partial charge on any atom is 0.338 e. The Morgan fingerprint density at radius 1 is 0.963 bits per heavy atom. The van der Waals surface area contributed by atoms with E-state index in [2.05, 4.69) is 19.7 Å². The third-order valence-corrected chi connectivity index (χ3v) is 3.40. The van der Waals surface area contributed by atoms with Crippen molar-refractivity contribution in [2.24, 2.45) is 0 Å². The van der Waals surface area contributed by atoms with Gasteiger partial charge in [0.15, 0.2) is 0 Å². The van der Waals surface area contributed by atoms with Crippen molar-refractivity contribution in [3.63, 3.8) is 0 Å². The minimum atomic E-state index is -0.524. The summed E-state index contributed by atoms with van der Waals surface area (Å²) >= 11 is 0. The number of carbonyl (C=O) groups excluding carboxylic acids is 2. The molecule has 0 radical (unpaired) electrons. The Kier molecular flexibility index (Phi) is 8.01. The molecule has 0 atom stereocenters. The Morgan fingerprint density at radius 3 is 1.96 bits per heavy atom. The highest BCUT2D eigenvalue weighted by molar-refractivity contribution is 5.89. The van der Waals surface area contributed by atoms with Crippen LogP contribution in [0.3, 0.4) is 0 Å². The quantitative estimate of drug-likeness (QED) is 0.218. The van der Waals surface area contributed by atoms with E-state index in [0.29, 0.717) is 34.0 Å². The molecule has 0 unspecified atom stereocenters. The summed E-state index contributed by atoms with van der Waals surface area (Å²) in [6.07, 6.45) is 3.20. The molecule has 0 N–H and O–H groups in total. The standard InChI is InChI=1S/C22H24O5/c1-8-18(26-21(23)14(2)3)13-20(25-7)16(6)17-9-11-19(12-10-17)27-22(24)15(4)5/h8-13H,2,4,6H2,1,3,5,7H3/b18-8+,20-13+. The van der Waals surface area contributed by atoms with Gasteiger partial charge in [-0.2, -0.15) is 0 Å². The van der Waals surface area contributed by atoms with Gasteiger partial charge in [-0.1, -0.05) is 31.9 Å². The zero-order chi connectivity index (χ0) is 20.6. The van der Waals surface area contributed by atoms with Crippen LogP contribution in [0.15, 0.2) is 78.8 Å². The summed E-state index contributed by atoms with van der Waals surface area (Å²) < 4.78 is 15.8. The molecule has 0 saturated carbocycles. The van der Waals surface area contributed by atoms with Crippen LogP contribution >= 0.6 is 0 Å². The van der Waals surface area contributed by atoms with Crippen molar-refractivity contribution in [3.05, 3.63) is 84.4 Å². The number of allylic oxidation sites excluding steroid dienone is 3.